The lowest BCUT2D eigenvalue weighted by molar-refractivity contribution is 0.170. The lowest BCUT2D eigenvalue weighted by atomic mass is 10.1. The molecule has 0 bridgehead atoms. The third kappa shape index (κ3) is 3.01. The zero-order chi connectivity index (χ0) is 14.7. The normalized spacial score (nSPS) is 17.6. The van der Waals surface area contributed by atoms with Crippen LogP contribution in [0.2, 0.25) is 0 Å². The monoisotopic (exact) mass is 367 g/mol. The molecule has 2 aromatic heterocycles. The zero-order valence-electron chi connectivity index (χ0n) is 11.7. The average molecular weight is 368 g/mol. The molecule has 21 heavy (non-hydrogen) atoms. The second-order valence-corrected chi connectivity index (χ2v) is 6.78. The van der Waals surface area contributed by atoms with Gasteiger partial charge in [0.05, 0.1) is 0 Å². The van der Waals surface area contributed by atoms with Crippen molar-refractivity contribution in [2.75, 3.05) is 18.4 Å². The first-order chi connectivity index (χ1) is 10.3. The number of nitrogens with zero attached hydrogens (tertiary/aromatic N) is 2. The summed E-state index contributed by atoms with van der Waals surface area (Å²) in [4.78, 5) is 15.7. The van der Waals surface area contributed by atoms with E-state index in [0.717, 1.165) is 24.8 Å². The molecule has 0 saturated heterocycles. The summed E-state index contributed by atoms with van der Waals surface area (Å²) in [7, 11) is 0. The Bertz CT molecular complexity index is 596. The fourth-order valence-electron chi connectivity index (χ4n) is 2.71. The smallest absolute Gasteiger partial charge is 0.318 e. The number of alkyl halides is 1. The highest BCUT2D eigenvalue weighted by atomic mass is 79.9. The number of fused-ring (bicyclic) bond motifs is 1. The Hall–Kier alpha value is -1.27. The summed E-state index contributed by atoms with van der Waals surface area (Å²) in [5, 5.41) is 6.00. The third-order valence-corrected chi connectivity index (χ3v) is 5.18. The molecule has 1 aliphatic heterocycles. The van der Waals surface area contributed by atoms with Crippen LogP contribution in [0.25, 0.3) is 0 Å². The standard InChI is InChI=1S/C15H18BrN3OS/c16-6-3-7-17-15(20)19-10-9-18-8-1-4-12(18)14(19)13-5-2-11-21-13/h1-2,4-5,8,11,14H,3,6-7,9-10H2,(H,17,20). The maximum Gasteiger partial charge on any atom is 0.318 e. The predicted octanol–water partition coefficient (Wildman–Crippen LogP) is 3.45. The number of amides is 2. The van der Waals surface area contributed by atoms with E-state index >= 15 is 0 Å². The molecule has 3 rings (SSSR count). The van der Waals surface area contributed by atoms with Gasteiger partial charge in [-0.2, -0.15) is 0 Å². The second kappa shape index (κ2) is 6.66. The van der Waals surface area contributed by atoms with E-state index in [1.807, 2.05) is 11.0 Å². The number of carbonyl (C=O) groups excluding carboxylic acids is 1. The quantitative estimate of drug-likeness (QED) is 0.652. The molecule has 0 fully saturated rings. The van der Waals surface area contributed by atoms with Crippen LogP contribution in [0.3, 0.4) is 0 Å². The molecule has 6 heteroatoms. The highest BCUT2D eigenvalue weighted by Gasteiger charge is 2.32. The lowest BCUT2D eigenvalue weighted by Crippen LogP contribution is -2.47. The Morgan fingerprint density at radius 2 is 2.29 bits per heavy atom. The molecule has 3 heterocycles. The number of thiophene rings is 1. The van der Waals surface area contributed by atoms with Crippen LogP contribution in [0.1, 0.15) is 23.0 Å². The predicted molar refractivity (Wildman–Crippen MR) is 89.1 cm³/mol. The summed E-state index contributed by atoms with van der Waals surface area (Å²) in [6.07, 6.45) is 3.04. The molecule has 112 valence electrons. The number of urea groups is 1. The first kappa shape index (κ1) is 14.7. The Morgan fingerprint density at radius 1 is 1.38 bits per heavy atom. The fraction of sp³-hybridized carbons (Fsp3) is 0.400. The van der Waals surface area contributed by atoms with Crippen molar-refractivity contribution in [3.63, 3.8) is 0 Å². The van der Waals surface area contributed by atoms with Gasteiger partial charge in [0.15, 0.2) is 0 Å². The van der Waals surface area contributed by atoms with Crippen molar-refractivity contribution in [2.45, 2.75) is 19.0 Å². The molecule has 4 nitrogen and oxygen atoms in total. The van der Waals surface area contributed by atoms with Crippen LogP contribution in [0.4, 0.5) is 4.79 Å². The number of aromatic nitrogens is 1. The maximum absolute atomic E-state index is 12.5. The van der Waals surface area contributed by atoms with Crippen molar-refractivity contribution >= 4 is 33.3 Å². The molecule has 2 amide bonds. The van der Waals surface area contributed by atoms with Crippen molar-refractivity contribution in [3.05, 3.63) is 46.4 Å². The molecule has 0 saturated carbocycles. The van der Waals surface area contributed by atoms with Crippen LogP contribution < -0.4 is 5.32 Å². The van der Waals surface area contributed by atoms with Gasteiger partial charge in [-0.1, -0.05) is 22.0 Å². The Morgan fingerprint density at radius 3 is 3.05 bits per heavy atom. The number of carbonyl (C=O) groups is 1. The largest absolute Gasteiger partial charge is 0.347 e. The van der Waals surface area contributed by atoms with Gasteiger partial charge < -0.3 is 14.8 Å². The molecule has 0 aliphatic carbocycles. The topological polar surface area (TPSA) is 37.3 Å². The summed E-state index contributed by atoms with van der Waals surface area (Å²) in [5.41, 5.74) is 1.19. The van der Waals surface area contributed by atoms with Gasteiger partial charge in [-0.3, -0.25) is 0 Å². The van der Waals surface area contributed by atoms with Gasteiger partial charge in [-0.05, 0) is 30.0 Å². The average Bonchev–Trinajstić information content (AvgIpc) is 3.17. The molecular weight excluding hydrogens is 350 g/mol. The van der Waals surface area contributed by atoms with Crippen molar-refractivity contribution < 1.29 is 4.79 Å². The fourth-order valence-corrected chi connectivity index (χ4v) is 3.84. The van der Waals surface area contributed by atoms with E-state index in [-0.39, 0.29) is 12.1 Å². The molecule has 1 N–H and O–H groups in total. The molecule has 0 spiro atoms. The van der Waals surface area contributed by atoms with Gasteiger partial charge in [-0.25, -0.2) is 4.79 Å². The van der Waals surface area contributed by atoms with Gasteiger partial charge in [0.1, 0.15) is 6.04 Å². The van der Waals surface area contributed by atoms with E-state index < -0.39 is 0 Å². The minimum absolute atomic E-state index is 0.0257. The SMILES string of the molecule is O=C(NCCCBr)N1CCn2cccc2C1c1cccs1. The molecule has 1 atom stereocenters. The summed E-state index contributed by atoms with van der Waals surface area (Å²) in [6, 6.07) is 8.38. The molecule has 1 unspecified atom stereocenters. The molecule has 0 radical (unpaired) electrons. The highest BCUT2D eigenvalue weighted by Crippen LogP contribution is 2.34. The number of halogens is 1. The Labute approximate surface area is 136 Å². The van der Waals surface area contributed by atoms with E-state index in [0.29, 0.717) is 6.54 Å². The van der Waals surface area contributed by atoms with E-state index in [9.17, 15) is 4.79 Å². The van der Waals surface area contributed by atoms with Gasteiger partial charge >= 0.3 is 6.03 Å². The van der Waals surface area contributed by atoms with Gasteiger partial charge in [0, 0.05) is 41.7 Å². The molecule has 1 aliphatic rings. The summed E-state index contributed by atoms with van der Waals surface area (Å²) < 4.78 is 2.24. The minimum Gasteiger partial charge on any atom is -0.347 e. The van der Waals surface area contributed by atoms with Crippen molar-refractivity contribution in [1.82, 2.24) is 14.8 Å². The first-order valence-electron chi connectivity index (χ1n) is 7.10. The number of rotatable bonds is 4. The summed E-state index contributed by atoms with van der Waals surface area (Å²) in [6.45, 7) is 2.30. The third-order valence-electron chi connectivity index (χ3n) is 3.70. The number of hydrogen-bond acceptors (Lipinski definition) is 2. The summed E-state index contributed by atoms with van der Waals surface area (Å²) >= 11 is 5.09. The molecule has 2 aromatic rings. The summed E-state index contributed by atoms with van der Waals surface area (Å²) in [5.74, 6) is 0. The van der Waals surface area contributed by atoms with Crippen LogP contribution in [0, 0.1) is 0 Å². The van der Waals surface area contributed by atoms with E-state index in [1.165, 1.54) is 10.6 Å². The van der Waals surface area contributed by atoms with E-state index in [4.69, 9.17) is 0 Å². The first-order valence-corrected chi connectivity index (χ1v) is 9.10. The lowest BCUT2D eigenvalue weighted by Gasteiger charge is -2.36. The zero-order valence-corrected chi connectivity index (χ0v) is 14.1. The Balaban J connectivity index is 1.84. The number of nitrogens with one attached hydrogen (secondary N) is 1. The van der Waals surface area contributed by atoms with Crippen LogP contribution in [0.5, 0.6) is 0 Å². The van der Waals surface area contributed by atoms with E-state index in [1.54, 1.807) is 11.3 Å². The second-order valence-electron chi connectivity index (χ2n) is 5.01. The maximum atomic E-state index is 12.5. The Kier molecular flexibility index (Phi) is 4.65. The van der Waals surface area contributed by atoms with Crippen molar-refractivity contribution in [3.8, 4) is 0 Å². The minimum atomic E-state index is 0.0257. The molecule has 0 aromatic carbocycles. The van der Waals surface area contributed by atoms with E-state index in [2.05, 4.69) is 55.6 Å². The highest BCUT2D eigenvalue weighted by molar-refractivity contribution is 9.09. The van der Waals surface area contributed by atoms with Crippen LogP contribution >= 0.6 is 27.3 Å². The van der Waals surface area contributed by atoms with Crippen LogP contribution in [0.15, 0.2) is 35.8 Å². The van der Waals surface area contributed by atoms with Crippen molar-refractivity contribution in [2.24, 2.45) is 0 Å². The van der Waals surface area contributed by atoms with Gasteiger partial charge in [0.25, 0.3) is 0 Å². The van der Waals surface area contributed by atoms with Crippen LogP contribution in [-0.2, 0) is 6.54 Å². The van der Waals surface area contributed by atoms with Gasteiger partial charge in [0.2, 0.25) is 0 Å². The van der Waals surface area contributed by atoms with Crippen molar-refractivity contribution in [1.29, 1.82) is 0 Å². The molecular formula is C15H18BrN3OS. The number of hydrogen-bond donors (Lipinski definition) is 1. The van der Waals surface area contributed by atoms with Gasteiger partial charge in [-0.15, -0.1) is 11.3 Å². The van der Waals surface area contributed by atoms with Crippen LogP contribution in [-0.4, -0.2) is 33.9 Å².